The third-order valence-corrected chi connectivity index (χ3v) is 4.74. The van der Waals surface area contributed by atoms with E-state index in [-0.39, 0.29) is 30.6 Å². The number of likely N-dealkylation sites (tertiary alicyclic amines) is 1. The zero-order valence-corrected chi connectivity index (χ0v) is 12.8. The first-order chi connectivity index (χ1) is 10.4. The van der Waals surface area contributed by atoms with Gasteiger partial charge in [0, 0.05) is 49.7 Å². The van der Waals surface area contributed by atoms with Gasteiger partial charge in [-0.3, -0.25) is 4.79 Å². The maximum Gasteiger partial charge on any atom is 0.248 e. The van der Waals surface area contributed by atoms with Crippen LogP contribution in [0.1, 0.15) is 49.5 Å². The fourth-order valence-electron chi connectivity index (χ4n) is 3.38. The molecule has 1 aliphatic heterocycles. The minimum absolute atomic E-state index is 0.0330. The molecule has 2 aliphatic rings. The third kappa shape index (κ3) is 3.25. The quantitative estimate of drug-likeness (QED) is 0.844. The summed E-state index contributed by atoms with van der Waals surface area (Å²) in [7, 11) is 0. The summed E-state index contributed by atoms with van der Waals surface area (Å²) in [6, 6.07) is 1.85. The average molecular weight is 309 g/mol. The molecule has 1 aromatic rings. The van der Waals surface area contributed by atoms with Crippen LogP contribution in [0.15, 0.2) is 12.3 Å². The minimum Gasteiger partial charge on any atom is -0.342 e. The van der Waals surface area contributed by atoms with Crippen molar-refractivity contribution in [2.45, 2.75) is 50.9 Å². The van der Waals surface area contributed by atoms with E-state index in [0.717, 1.165) is 17.9 Å². The van der Waals surface area contributed by atoms with Crippen molar-refractivity contribution < 1.29 is 13.6 Å². The van der Waals surface area contributed by atoms with Crippen LogP contribution in [0.25, 0.3) is 0 Å². The van der Waals surface area contributed by atoms with Crippen molar-refractivity contribution in [2.75, 3.05) is 13.1 Å². The molecule has 1 amide bonds. The Kier molecular flexibility index (Phi) is 4.10. The van der Waals surface area contributed by atoms with Gasteiger partial charge < -0.3 is 4.90 Å². The van der Waals surface area contributed by atoms with Gasteiger partial charge in [0.1, 0.15) is 5.82 Å². The monoisotopic (exact) mass is 309 g/mol. The molecule has 1 saturated heterocycles. The van der Waals surface area contributed by atoms with Gasteiger partial charge in [0.25, 0.3) is 0 Å². The highest BCUT2D eigenvalue weighted by Gasteiger charge is 2.40. The minimum atomic E-state index is -2.58. The highest BCUT2D eigenvalue weighted by Crippen LogP contribution is 2.37. The van der Waals surface area contributed by atoms with Crippen LogP contribution in [-0.4, -0.2) is 39.8 Å². The molecule has 0 unspecified atom stereocenters. The molecule has 4 nitrogen and oxygen atoms in total. The fourth-order valence-corrected chi connectivity index (χ4v) is 3.38. The van der Waals surface area contributed by atoms with Gasteiger partial charge in [-0.2, -0.15) is 0 Å². The zero-order chi connectivity index (χ0) is 15.7. The lowest BCUT2D eigenvalue weighted by Crippen LogP contribution is -2.38. The summed E-state index contributed by atoms with van der Waals surface area (Å²) in [5, 5.41) is 0. The Bertz CT molecular complexity index is 554. The predicted octanol–water partition coefficient (Wildman–Crippen LogP) is 2.93. The van der Waals surface area contributed by atoms with E-state index in [1.807, 2.05) is 17.9 Å². The van der Waals surface area contributed by atoms with Crippen LogP contribution >= 0.6 is 0 Å². The third-order valence-electron chi connectivity index (χ3n) is 4.74. The van der Waals surface area contributed by atoms with Crippen LogP contribution in [-0.2, 0) is 4.79 Å². The van der Waals surface area contributed by atoms with Crippen molar-refractivity contribution in [3.8, 4) is 0 Å². The second-order valence-electron chi connectivity index (χ2n) is 6.46. The standard InChI is InChI=1S/C16H21F2N3O/c1-11-4-8-19-14(20-11)13-5-9-21(10-13)15(22)12-2-6-16(17,18)7-3-12/h4,8,12-13H,2-3,5-7,9-10H2,1H3/t13-/m0/s1. The lowest BCUT2D eigenvalue weighted by Gasteiger charge is -2.30. The Morgan fingerprint density at radius 2 is 2.05 bits per heavy atom. The first-order valence-corrected chi connectivity index (χ1v) is 7.91. The Morgan fingerprint density at radius 3 is 2.73 bits per heavy atom. The number of carbonyl (C=O) groups excluding carboxylic acids is 1. The van der Waals surface area contributed by atoms with Crippen molar-refractivity contribution in [1.29, 1.82) is 0 Å². The molecule has 2 heterocycles. The zero-order valence-electron chi connectivity index (χ0n) is 12.8. The lowest BCUT2D eigenvalue weighted by atomic mass is 9.86. The number of alkyl halides is 2. The SMILES string of the molecule is Cc1ccnc([C@H]2CCN(C(=O)C3CCC(F)(F)CC3)C2)n1. The summed E-state index contributed by atoms with van der Waals surface area (Å²) in [5.74, 6) is -1.85. The summed E-state index contributed by atoms with van der Waals surface area (Å²) in [4.78, 5) is 23.0. The smallest absolute Gasteiger partial charge is 0.248 e. The lowest BCUT2D eigenvalue weighted by molar-refractivity contribution is -0.138. The van der Waals surface area contributed by atoms with Gasteiger partial charge in [-0.05, 0) is 32.3 Å². The topological polar surface area (TPSA) is 46.1 Å². The van der Waals surface area contributed by atoms with Gasteiger partial charge in [-0.1, -0.05) is 0 Å². The second-order valence-corrected chi connectivity index (χ2v) is 6.46. The van der Waals surface area contributed by atoms with Crippen LogP contribution in [0.4, 0.5) is 8.78 Å². The molecular formula is C16H21F2N3O. The van der Waals surface area contributed by atoms with Crippen LogP contribution < -0.4 is 0 Å². The number of rotatable bonds is 2. The summed E-state index contributed by atoms with van der Waals surface area (Å²) in [6.07, 6.45) is 2.86. The highest BCUT2D eigenvalue weighted by atomic mass is 19.3. The molecule has 1 aromatic heterocycles. The van der Waals surface area contributed by atoms with E-state index in [9.17, 15) is 13.6 Å². The number of aryl methyl sites for hydroxylation is 1. The molecule has 3 rings (SSSR count). The van der Waals surface area contributed by atoms with Crippen LogP contribution in [0.2, 0.25) is 0 Å². The fraction of sp³-hybridized carbons (Fsp3) is 0.688. The molecule has 1 aliphatic carbocycles. The Labute approximate surface area is 128 Å². The van der Waals surface area contributed by atoms with Crippen molar-refractivity contribution in [2.24, 2.45) is 5.92 Å². The molecular weight excluding hydrogens is 288 g/mol. The molecule has 0 aromatic carbocycles. The van der Waals surface area contributed by atoms with Crippen LogP contribution in [0.3, 0.4) is 0 Å². The van der Waals surface area contributed by atoms with E-state index in [1.165, 1.54) is 0 Å². The molecule has 0 spiro atoms. The summed E-state index contributed by atoms with van der Waals surface area (Å²) in [5.41, 5.74) is 0.921. The van der Waals surface area contributed by atoms with Gasteiger partial charge in [-0.25, -0.2) is 18.7 Å². The molecule has 6 heteroatoms. The average Bonchev–Trinajstić information content (AvgIpc) is 2.96. The van der Waals surface area contributed by atoms with Crippen molar-refractivity contribution in [3.63, 3.8) is 0 Å². The van der Waals surface area contributed by atoms with Crippen molar-refractivity contribution in [3.05, 3.63) is 23.8 Å². The summed E-state index contributed by atoms with van der Waals surface area (Å²) < 4.78 is 26.4. The number of carbonyl (C=O) groups is 1. The normalized spacial score (nSPS) is 25.4. The molecule has 0 radical (unpaired) electrons. The van der Waals surface area contributed by atoms with E-state index in [4.69, 9.17) is 0 Å². The van der Waals surface area contributed by atoms with E-state index in [1.54, 1.807) is 6.20 Å². The maximum absolute atomic E-state index is 13.2. The second kappa shape index (κ2) is 5.89. The Morgan fingerprint density at radius 1 is 1.32 bits per heavy atom. The number of nitrogens with zero attached hydrogens (tertiary/aromatic N) is 3. The van der Waals surface area contributed by atoms with Crippen molar-refractivity contribution >= 4 is 5.91 Å². The number of halogens is 2. The first-order valence-electron chi connectivity index (χ1n) is 7.91. The molecule has 120 valence electrons. The largest absolute Gasteiger partial charge is 0.342 e. The molecule has 1 atom stereocenters. The molecule has 0 bridgehead atoms. The maximum atomic E-state index is 13.2. The van der Waals surface area contributed by atoms with Gasteiger partial charge in [0.05, 0.1) is 0 Å². The number of aromatic nitrogens is 2. The van der Waals surface area contributed by atoms with Gasteiger partial charge in [0.2, 0.25) is 11.8 Å². The van der Waals surface area contributed by atoms with E-state index < -0.39 is 5.92 Å². The predicted molar refractivity (Wildman–Crippen MR) is 77.6 cm³/mol. The first kappa shape index (κ1) is 15.3. The van der Waals surface area contributed by atoms with E-state index >= 15 is 0 Å². The van der Waals surface area contributed by atoms with E-state index in [2.05, 4.69) is 9.97 Å². The van der Waals surface area contributed by atoms with Crippen molar-refractivity contribution in [1.82, 2.24) is 14.9 Å². The van der Waals surface area contributed by atoms with Gasteiger partial charge >= 0.3 is 0 Å². The highest BCUT2D eigenvalue weighted by molar-refractivity contribution is 5.79. The summed E-state index contributed by atoms with van der Waals surface area (Å²) in [6.45, 7) is 3.20. The van der Waals surface area contributed by atoms with Crippen LogP contribution in [0.5, 0.6) is 0 Å². The summed E-state index contributed by atoms with van der Waals surface area (Å²) >= 11 is 0. The van der Waals surface area contributed by atoms with Crippen LogP contribution in [0, 0.1) is 12.8 Å². The molecule has 1 saturated carbocycles. The molecule has 0 N–H and O–H groups in total. The van der Waals surface area contributed by atoms with Gasteiger partial charge in [0.15, 0.2) is 0 Å². The molecule has 22 heavy (non-hydrogen) atoms. The number of amides is 1. The number of hydrogen-bond acceptors (Lipinski definition) is 3. The Balaban J connectivity index is 1.59. The van der Waals surface area contributed by atoms with E-state index in [0.29, 0.717) is 25.9 Å². The van der Waals surface area contributed by atoms with Gasteiger partial charge in [-0.15, -0.1) is 0 Å². The molecule has 2 fully saturated rings. The number of hydrogen-bond donors (Lipinski definition) is 0. The Hall–Kier alpha value is -1.59.